The van der Waals surface area contributed by atoms with Crippen LogP contribution >= 0.6 is 0 Å². The van der Waals surface area contributed by atoms with Gasteiger partial charge in [-0.2, -0.15) is 0 Å². The van der Waals surface area contributed by atoms with Gasteiger partial charge in [0, 0.05) is 11.8 Å². The summed E-state index contributed by atoms with van der Waals surface area (Å²) in [6, 6.07) is 63.3. The van der Waals surface area contributed by atoms with E-state index in [-0.39, 0.29) is 6.71 Å². The second-order valence-electron chi connectivity index (χ2n) is 12.2. The van der Waals surface area contributed by atoms with E-state index in [1.54, 1.807) is 0 Å². The van der Waals surface area contributed by atoms with Crippen molar-refractivity contribution < 1.29 is 4.74 Å². The summed E-state index contributed by atoms with van der Waals surface area (Å²) >= 11 is 0. The molecule has 0 unspecified atom stereocenters. The van der Waals surface area contributed by atoms with Gasteiger partial charge in [0.05, 0.1) is 6.54 Å². The first-order valence-electron chi connectivity index (χ1n) is 16.6. The summed E-state index contributed by atoms with van der Waals surface area (Å²) < 4.78 is 6.52. The fraction of sp³-hybridized carbons (Fsp3) is 0.0222. The maximum Gasteiger partial charge on any atom is 0.250 e. The van der Waals surface area contributed by atoms with Crippen molar-refractivity contribution in [1.82, 2.24) is 0 Å². The van der Waals surface area contributed by atoms with E-state index in [1.807, 2.05) is 60.8 Å². The fourth-order valence-corrected chi connectivity index (χ4v) is 6.51. The predicted molar refractivity (Wildman–Crippen MR) is 206 cm³/mol. The molecule has 7 aromatic carbocycles. The van der Waals surface area contributed by atoms with Crippen molar-refractivity contribution >= 4 is 35.2 Å². The zero-order valence-electron chi connectivity index (χ0n) is 27.0. The lowest BCUT2D eigenvalue weighted by Gasteiger charge is -2.27. The molecule has 0 bridgehead atoms. The molecule has 0 amide bonds. The Morgan fingerprint density at radius 1 is 0.510 bits per heavy atom. The minimum absolute atomic E-state index is 0.123. The summed E-state index contributed by atoms with van der Waals surface area (Å²) in [6.07, 6.45) is 1.88. The first-order valence-corrected chi connectivity index (χ1v) is 16.6. The fourth-order valence-electron chi connectivity index (χ4n) is 6.51. The molecule has 232 valence electrons. The number of rotatable bonds is 7. The number of hydrogen-bond acceptors (Lipinski definition) is 2. The maximum atomic E-state index is 6.52. The van der Waals surface area contributed by atoms with Gasteiger partial charge in [0.25, 0.3) is 6.71 Å². The summed E-state index contributed by atoms with van der Waals surface area (Å²) in [6.45, 7) is 0.647. The molecule has 3 nitrogen and oxygen atoms in total. The van der Waals surface area contributed by atoms with Gasteiger partial charge in [-0.25, -0.2) is 4.99 Å². The van der Waals surface area contributed by atoms with Gasteiger partial charge in [-0.05, 0) is 68.6 Å². The maximum absolute atomic E-state index is 6.52. The van der Waals surface area contributed by atoms with Crippen LogP contribution in [0.15, 0.2) is 192 Å². The van der Waals surface area contributed by atoms with Gasteiger partial charge in [0.2, 0.25) is 0 Å². The summed E-state index contributed by atoms with van der Waals surface area (Å²) in [5, 5.41) is 0. The first kappa shape index (κ1) is 30.1. The highest BCUT2D eigenvalue weighted by Gasteiger charge is 2.32. The number of fused-ring (bicyclic) bond motifs is 2. The molecule has 4 heteroatoms. The second-order valence-corrected chi connectivity index (χ2v) is 12.2. The Kier molecular flexibility index (Phi) is 8.51. The second kappa shape index (κ2) is 13.8. The SMILES string of the molecule is C(=NC(=NCc1cccc(-c2cccc(-c3ccc4c(c3)Oc3ccccc3B4c3ccccc3)c2)c1)c1ccccc1)c1ccccc1. The van der Waals surface area contributed by atoms with Crippen LogP contribution in [0.1, 0.15) is 16.7 Å². The van der Waals surface area contributed by atoms with Crippen molar-refractivity contribution in [2.45, 2.75) is 6.54 Å². The lowest BCUT2D eigenvalue weighted by atomic mass is 9.36. The van der Waals surface area contributed by atoms with Gasteiger partial charge < -0.3 is 4.74 Å². The third-order valence-electron chi connectivity index (χ3n) is 8.94. The summed E-state index contributed by atoms with van der Waals surface area (Å²) in [7, 11) is 0. The molecule has 1 aliphatic rings. The van der Waals surface area contributed by atoms with E-state index in [9.17, 15) is 0 Å². The zero-order valence-corrected chi connectivity index (χ0v) is 27.0. The lowest BCUT2D eigenvalue weighted by molar-refractivity contribution is 0.487. The topological polar surface area (TPSA) is 34.0 Å². The molecule has 0 radical (unpaired) electrons. The molecule has 7 aromatic rings. The van der Waals surface area contributed by atoms with Gasteiger partial charge in [0.15, 0.2) is 5.84 Å². The average Bonchev–Trinajstić information content (AvgIpc) is 3.18. The van der Waals surface area contributed by atoms with Crippen LogP contribution in [-0.4, -0.2) is 18.8 Å². The molecule has 0 aliphatic carbocycles. The van der Waals surface area contributed by atoms with Crippen LogP contribution in [0.2, 0.25) is 0 Å². The molecule has 0 aromatic heterocycles. The average molecular weight is 629 g/mol. The lowest BCUT2D eigenvalue weighted by Crippen LogP contribution is -2.54. The number of ether oxygens (including phenoxy) is 1. The van der Waals surface area contributed by atoms with Crippen LogP contribution in [0.3, 0.4) is 0 Å². The van der Waals surface area contributed by atoms with Crippen LogP contribution in [-0.2, 0) is 6.54 Å². The van der Waals surface area contributed by atoms with Gasteiger partial charge in [-0.3, -0.25) is 4.99 Å². The molecular formula is C45H33BN2O. The number of benzene rings is 7. The van der Waals surface area contributed by atoms with Crippen LogP contribution in [0.4, 0.5) is 0 Å². The van der Waals surface area contributed by atoms with E-state index < -0.39 is 0 Å². The number of amidine groups is 1. The molecule has 0 saturated carbocycles. The summed E-state index contributed by atoms with van der Waals surface area (Å²) in [4.78, 5) is 9.75. The van der Waals surface area contributed by atoms with Crippen LogP contribution in [0.5, 0.6) is 11.5 Å². The largest absolute Gasteiger partial charge is 0.458 e. The van der Waals surface area contributed by atoms with Crippen molar-refractivity contribution in [3.05, 3.63) is 199 Å². The van der Waals surface area contributed by atoms with E-state index in [2.05, 4.69) is 127 Å². The van der Waals surface area contributed by atoms with E-state index in [0.29, 0.717) is 12.4 Å². The van der Waals surface area contributed by atoms with Crippen molar-refractivity contribution in [1.29, 1.82) is 0 Å². The molecule has 0 N–H and O–H groups in total. The Morgan fingerprint density at radius 3 is 1.90 bits per heavy atom. The highest BCUT2D eigenvalue weighted by atomic mass is 16.5. The van der Waals surface area contributed by atoms with Crippen molar-refractivity contribution in [3.8, 4) is 33.8 Å². The van der Waals surface area contributed by atoms with Crippen molar-refractivity contribution in [2.75, 3.05) is 0 Å². The monoisotopic (exact) mass is 628 g/mol. The highest BCUT2D eigenvalue weighted by Crippen LogP contribution is 2.32. The number of aliphatic imine (C=N–C) groups is 2. The van der Waals surface area contributed by atoms with Gasteiger partial charge in [0.1, 0.15) is 11.5 Å². The van der Waals surface area contributed by atoms with E-state index in [4.69, 9.17) is 14.7 Å². The Balaban J connectivity index is 1.08. The third-order valence-corrected chi connectivity index (χ3v) is 8.94. The molecule has 49 heavy (non-hydrogen) atoms. The van der Waals surface area contributed by atoms with Crippen LogP contribution in [0.25, 0.3) is 22.3 Å². The first-order chi connectivity index (χ1) is 24.3. The summed E-state index contributed by atoms with van der Waals surface area (Å²) in [5.41, 5.74) is 11.4. The van der Waals surface area contributed by atoms with Crippen molar-refractivity contribution in [2.24, 2.45) is 9.98 Å². The van der Waals surface area contributed by atoms with Gasteiger partial charge in [-0.1, -0.05) is 163 Å². The normalized spacial score (nSPS) is 12.3. The Morgan fingerprint density at radius 2 is 1.12 bits per heavy atom. The number of hydrogen-bond donors (Lipinski definition) is 0. The smallest absolute Gasteiger partial charge is 0.250 e. The van der Waals surface area contributed by atoms with E-state index in [0.717, 1.165) is 50.4 Å². The predicted octanol–water partition coefficient (Wildman–Crippen LogP) is 8.71. The Labute approximate surface area is 288 Å². The Hall–Kier alpha value is -6.26. The molecule has 8 rings (SSSR count). The molecule has 1 aliphatic heterocycles. The van der Waals surface area contributed by atoms with Gasteiger partial charge in [-0.15, -0.1) is 0 Å². The van der Waals surface area contributed by atoms with Crippen molar-refractivity contribution in [3.63, 3.8) is 0 Å². The van der Waals surface area contributed by atoms with E-state index in [1.165, 1.54) is 16.4 Å². The number of nitrogens with zero attached hydrogens (tertiary/aromatic N) is 2. The standard InChI is InChI=1S/C45H33BN2O/c1-4-14-33(15-5-1)31-47-45(35-17-6-2-7-18-35)48-32-34-16-12-19-36(28-34)37-20-13-21-38(29-37)39-26-27-42-44(30-39)49-43-25-11-10-24-41(43)46(42)40-22-8-3-9-23-40/h1-31H,32H2. The number of para-hydroxylation sites is 1. The Bertz CT molecular complexity index is 2280. The summed E-state index contributed by atoms with van der Waals surface area (Å²) in [5.74, 6) is 2.53. The minimum Gasteiger partial charge on any atom is -0.458 e. The van der Waals surface area contributed by atoms with Crippen LogP contribution in [0, 0.1) is 0 Å². The molecule has 0 spiro atoms. The molecule has 1 heterocycles. The van der Waals surface area contributed by atoms with Crippen LogP contribution < -0.4 is 21.1 Å². The third kappa shape index (κ3) is 6.63. The molecule has 0 fully saturated rings. The minimum atomic E-state index is 0.123. The molecular weight excluding hydrogens is 595 g/mol. The quantitative estimate of drug-likeness (QED) is 0.0988. The van der Waals surface area contributed by atoms with Gasteiger partial charge >= 0.3 is 0 Å². The highest BCUT2D eigenvalue weighted by molar-refractivity contribution is 6.96. The zero-order chi connectivity index (χ0) is 32.8. The molecule has 0 saturated heterocycles. The molecule has 0 atom stereocenters. The van der Waals surface area contributed by atoms with E-state index >= 15 is 0 Å².